The van der Waals surface area contributed by atoms with Gasteiger partial charge in [0.1, 0.15) is 18.6 Å². The number of hydrogen-bond donors (Lipinski definition) is 7. The molecule has 0 saturated carbocycles. The van der Waals surface area contributed by atoms with Crippen LogP contribution in [-0.4, -0.2) is 76.3 Å². The Morgan fingerprint density at radius 1 is 0.885 bits per heavy atom. The average Bonchev–Trinajstić information content (AvgIpc) is 2.54. The maximum Gasteiger partial charge on any atom is 0.322 e. The van der Waals surface area contributed by atoms with Crippen molar-refractivity contribution >= 4 is 29.7 Å². The molecule has 3 atom stereocenters. The highest BCUT2D eigenvalue weighted by atomic mass is 16.4. The van der Waals surface area contributed by atoms with E-state index in [-0.39, 0.29) is 5.92 Å². The molecule has 0 fully saturated rings. The maximum absolute atomic E-state index is 12.1. The van der Waals surface area contributed by atoms with E-state index in [1.807, 2.05) is 5.32 Å². The zero-order valence-corrected chi connectivity index (χ0v) is 14.4. The average molecular weight is 376 g/mol. The number of carboxylic acids is 2. The Labute approximate surface area is 149 Å². The molecule has 8 N–H and O–H groups in total. The minimum atomic E-state index is -1.59. The molecule has 148 valence electrons. The summed E-state index contributed by atoms with van der Waals surface area (Å²) in [6.45, 7) is 1.76. The molecule has 0 aromatic heterocycles. The van der Waals surface area contributed by atoms with Gasteiger partial charge in [0.2, 0.25) is 17.7 Å². The zero-order chi connectivity index (χ0) is 20.4. The molecule has 0 aromatic carbocycles. The fraction of sp³-hybridized carbons (Fsp3) is 0.643. The first-order chi connectivity index (χ1) is 12.0. The predicted octanol–water partition coefficient (Wildman–Crippen LogP) is -3.39. The number of hydrogen-bond acceptors (Lipinski definition) is 7. The smallest absolute Gasteiger partial charge is 0.322 e. The summed E-state index contributed by atoms with van der Waals surface area (Å²) in [4.78, 5) is 57.1. The molecule has 0 aliphatic carbocycles. The Morgan fingerprint density at radius 2 is 1.42 bits per heavy atom. The highest BCUT2D eigenvalue weighted by molar-refractivity contribution is 5.95. The summed E-state index contributed by atoms with van der Waals surface area (Å²) in [6, 6.07) is -3.99. The first-order valence-corrected chi connectivity index (χ1v) is 7.68. The Morgan fingerprint density at radius 3 is 1.85 bits per heavy atom. The first kappa shape index (κ1) is 23.3. The van der Waals surface area contributed by atoms with E-state index in [0.29, 0.717) is 0 Å². The van der Waals surface area contributed by atoms with Gasteiger partial charge in [0.25, 0.3) is 0 Å². The van der Waals surface area contributed by atoms with Gasteiger partial charge in [-0.1, -0.05) is 13.8 Å². The first-order valence-electron chi connectivity index (χ1n) is 7.68. The Balaban J connectivity index is 5.01. The summed E-state index contributed by atoms with van der Waals surface area (Å²) in [5, 5.41) is 32.8. The van der Waals surface area contributed by atoms with Crippen LogP contribution in [0.3, 0.4) is 0 Å². The lowest BCUT2D eigenvalue weighted by Gasteiger charge is -2.23. The molecule has 0 rings (SSSR count). The number of aliphatic carboxylic acids is 2. The Kier molecular flexibility index (Phi) is 9.84. The van der Waals surface area contributed by atoms with Crippen molar-refractivity contribution in [3.05, 3.63) is 0 Å². The normalized spacial score (nSPS) is 14.0. The second kappa shape index (κ2) is 11.0. The van der Waals surface area contributed by atoms with Crippen molar-refractivity contribution in [1.82, 2.24) is 16.0 Å². The molecular formula is C14H24N4O8. The molecule has 0 spiro atoms. The molecule has 0 heterocycles. The number of aliphatic hydroxyl groups is 1. The Bertz CT molecular complexity index is 551. The van der Waals surface area contributed by atoms with Crippen LogP contribution in [0.5, 0.6) is 0 Å². The third kappa shape index (κ3) is 8.39. The van der Waals surface area contributed by atoms with E-state index in [2.05, 4.69) is 10.6 Å². The van der Waals surface area contributed by atoms with Gasteiger partial charge in [0.15, 0.2) is 0 Å². The van der Waals surface area contributed by atoms with Crippen LogP contribution in [0.4, 0.5) is 0 Å². The third-order valence-electron chi connectivity index (χ3n) is 3.26. The minimum Gasteiger partial charge on any atom is -0.481 e. The topological polar surface area (TPSA) is 208 Å². The maximum atomic E-state index is 12.1. The standard InChI is InChI=1S/C14H24N4O8/c1-6(2)11(15)14(26)18-8(5-19)13(25)17-7(3-9(20)21)12(24)16-4-10(22)23/h6-8,11,19H,3-5,15H2,1-2H3,(H,16,24)(H,17,25)(H,18,26)(H,20,21)(H,22,23). The van der Waals surface area contributed by atoms with Crippen LogP contribution in [0.2, 0.25) is 0 Å². The van der Waals surface area contributed by atoms with Crippen molar-refractivity contribution in [2.75, 3.05) is 13.2 Å². The van der Waals surface area contributed by atoms with Gasteiger partial charge in [-0.25, -0.2) is 0 Å². The van der Waals surface area contributed by atoms with E-state index in [0.717, 1.165) is 0 Å². The van der Waals surface area contributed by atoms with Crippen molar-refractivity contribution in [1.29, 1.82) is 0 Å². The van der Waals surface area contributed by atoms with Crippen LogP contribution in [-0.2, 0) is 24.0 Å². The van der Waals surface area contributed by atoms with Crippen LogP contribution in [0, 0.1) is 5.92 Å². The van der Waals surface area contributed by atoms with Gasteiger partial charge in [-0.05, 0) is 5.92 Å². The van der Waals surface area contributed by atoms with Crippen LogP contribution in [0.25, 0.3) is 0 Å². The van der Waals surface area contributed by atoms with Crippen molar-refractivity contribution in [2.24, 2.45) is 11.7 Å². The van der Waals surface area contributed by atoms with Crippen LogP contribution < -0.4 is 21.7 Å². The van der Waals surface area contributed by atoms with E-state index in [4.69, 9.17) is 15.9 Å². The fourth-order valence-corrected chi connectivity index (χ4v) is 1.71. The summed E-state index contributed by atoms with van der Waals surface area (Å²) in [6.07, 6.45) is -0.825. The summed E-state index contributed by atoms with van der Waals surface area (Å²) >= 11 is 0. The second-order valence-corrected chi connectivity index (χ2v) is 5.78. The van der Waals surface area contributed by atoms with E-state index < -0.39 is 67.4 Å². The van der Waals surface area contributed by atoms with Gasteiger partial charge in [0, 0.05) is 0 Å². The lowest BCUT2D eigenvalue weighted by molar-refractivity contribution is -0.142. The molecule has 26 heavy (non-hydrogen) atoms. The molecule has 0 aliphatic heterocycles. The molecule has 0 bridgehead atoms. The quantitative estimate of drug-likeness (QED) is 0.191. The number of amides is 3. The van der Waals surface area contributed by atoms with Gasteiger partial charge >= 0.3 is 11.9 Å². The molecular weight excluding hydrogens is 352 g/mol. The Hall–Kier alpha value is -2.73. The number of aliphatic hydroxyl groups excluding tert-OH is 1. The van der Waals surface area contributed by atoms with E-state index in [1.165, 1.54) is 0 Å². The predicted molar refractivity (Wildman–Crippen MR) is 86.7 cm³/mol. The van der Waals surface area contributed by atoms with Crippen molar-refractivity contribution in [3.8, 4) is 0 Å². The molecule has 0 radical (unpaired) electrons. The van der Waals surface area contributed by atoms with Crippen LogP contribution in [0.15, 0.2) is 0 Å². The number of carbonyl (C=O) groups excluding carboxylic acids is 3. The van der Waals surface area contributed by atoms with Crippen molar-refractivity contribution in [2.45, 2.75) is 38.4 Å². The van der Waals surface area contributed by atoms with Gasteiger partial charge in [-0.3, -0.25) is 24.0 Å². The van der Waals surface area contributed by atoms with Crippen LogP contribution >= 0.6 is 0 Å². The lowest BCUT2D eigenvalue weighted by atomic mass is 10.0. The van der Waals surface area contributed by atoms with Gasteiger partial charge in [-0.15, -0.1) is 0 Å². The molecule has 3 unspecified atom stereocenters. The monoisotopic (exact) mass is 376 g/mol. The van der Waals surface area contributed by atoms with Gasteiger partial charge in [0.05, 0.1) is 19.1 Å². The number of nitrogens with one attached hydrogen (secondary N) is 3. The lowest BCUT2D eigenvalue weighted by Crippen LogP contribution is -2.58. The highest BCUT2D eigenvalue weighted by Gasteiger charge is 2.29. The molecule has 12 nitrogen and oxygen atoms in total. The summed E-state index contributed by atoms with van der Waals surface area (Å²) in [7, 11) is 0. The molecule has 12 heteroatoms. The number of carbonyl (C=O) groups is 5. The summed E-state index contributed by atoms with van der Waals surface area (Å²) in [5.41, 5.74) is 5.62. The molecule has 0 saturated heterocycles. The highest BCUT2D eigenvalue weighted by Crippen LogP contribution is 2.00. The number of nitrogens with two attached hydrogens (primary N) is 1. The van der Waals surface area contributed by atoms with Gasteiger partial charge < -0.3 is 37.0 Å². The molecule has 3 amide bonds. The van der Waals surface area contributed by atoms with Crippen molar-refractivity contribution < 1.29 is 39.3 Å². The summed E-state index contributed by atoms with van der Waals surface area (Å²) < 4.78 is 0. The van der Waals surface area contributed by atoms with E-state index in [1.54, 1.807) is 13.8 Å². The van der Waals surface area contributed by atoms with Crippen LogP contribution in [0.1, 0.15) is 20.3 Å². The largest absolute Gasteiger partial charge is 0.481 e. The number of carboxylic acid groups (broad SMARTS) is 2. The number of rotatable bonds is 11. The van der Waals surface area contributed by atoms with E-state index >= 15 is 0 Å². The molecule has 0 aliphatic rings. The van der Waals surface area contributed by atoms with Gasteiger partial charge in [-0.2, -0.15) is 0 Å². The SMILES string of the molecule is CC(C)C(N)C(=O)NC(CO)C(=O)NC(CC(=O)O)C(=O)NCC(=O)O. The fourth-order valence-electron chi connectivity index (χ4n) is 1.71. The molecule has 0 aromatic rings. The second-order valence-electron chi connectivity index (χ2n) is 5.78. The van der Waals surface area contributed by atoms with Crippen molar-refractivity contribution in [3.63, 3.8) is 0 Å². The minimum absolute atomic E-state index is 0.237. The summed E-state index contributed by atoms with van der Waals surface area (Å²) in [5.74, 6) is -5.79. The zero-order valence-electron chi connectivity index (χ0n) is 14.4. The third-order valence-corrected chi connectivity index (χ3v) is 3.26. The van der Waals surface area contributed by atoms with E-state index in [9.17, 15) is 29.1 Å².